The molecule has 11 heterocycles. The Morgan fingerprint density at radius 1 is 0.810 bits per heavy atom. The average Bonchev–Trinajstić information content (AvgIpc) is 3.19. The van der Waals surface area contributed by atoms with Gasteiger partial charge in [0.2, 0.25) is 0 Å². The molecule has 2 spiro atoms. The Hall–Kier alpha value is 0.880. The molecule has 0 bridgehead atoms. The highest BCUT2D eigenvalue weighted by Gasteiger charge is 3.43. The van der Waals surface area contributed by atoms with Gasteiger partial charge in [-0.2, -0.15) is 0 Å². The summed E-state index contributed by atoms with van der Waals surface area (Å²) in [4.78, 5) is 4.11. The second-order valence-corrected chi connectivity index (χ2v) is 28.3. The van der Waals surface area contributed by atoms with Gasteiger partial charge in [-0.05, 0) is 28.9 Å². The summed E-state index contributed by atoms with van der Waals surface area (Å²) in [5.41, 5.74) is 0. The molecule has 11 aliphatic rings. The molecule has 0 N–H and O–H groups in total. The Balaban J connectivity index is 1.17. The Labute approximate surface area is 130 Å². The Kier molecular flexibility index (Phi) is 0.658. The molecule has 0 amide bonds. The number of hydrogen-bond donors (Lipinski definition) is 0. The highest BCUT2D eigenvalue weighted by molar-refractivity contribution is 8.94. The van der Waals surface area contributed by atoms with Gasteiger partial charge in [0, 0.05) is 56.0 Å². The van der Waals surface area contributed by atoms with Crippen molar-refractivity contribution in [2.24, 2.45) is 0 Å². The average molecular weight is 351 g/mol. The van der Waals surface area contributed by atoms with Crippen LogP contribution in [0.15, 0.2) is 20.1 Å². The van der Waals surface area contributed by atoms with Crippen molar-refractivity contribution in [2.75, 3.05) is 11.5 Å². The molecule has 11 aliphatic heterocycles. The van der Waals surface area contributed by atoms with E-state index in [1.54, 1.807) is 4.24 Å². The van der Waals surface area contributed by atoms with Gasteiger partial charge in [-0.3, -0.25) is 0 Å². The van der Waals surface area contributed by atoms with Crippen molar-refractivity contribution in [2.45, 2.75) is 59.4 Å². The van der Waals surface area contributed by atoms with E-state index in [2.05, 4.69) is 46.3 Å². The fourth-order valence-corrected chi connectivity index (χ4v) is 45.6. The van der Waals surface area contributed by atoms with E-state index in [-0.39, 0.29) is 0 Å². The minimum absolute atomic E-state index is 1.04. The fraction of sp³-hybridized carbons (Fsp3) is 0.765. The third-order valence-corrected chi connectivity index (χ3v) is 37.3. The van der Waals surface area contributed by atoms with Crippen molar-refractivity contribution in [1.82, 2.24) is 0 Å². The van der Waals surface area contributed by atoms with Crippen LogP contribution in [0.4, 0.5) is 0 Å². The second kappa shape index (κ2) is 1.47. The van der Waals surface area contributed by atoms with E-state index in [0.717, 1.165) is 0 Å². The van der Waals surface area contributed by atoms with E-state index in [4.69, 9.17) is 0 Å². The molecule has 0 aliphatic carbocycles. The maximum atomic E-state index is 2.43. The van der Waals surface area contributed by atoms with Crippen LogP contribution in [0.1, 0.15) is 6.92 Å². The minimum atomic E-state index is -1.04. The minimum Gasteiger partial charge on any atom is -0.249 e. The van der Waals surface area contributed by atoms with Crippen LogP contribution in [0.3, 0.4) is 0 Å². The van der Waals surface area contributed by atoms with E-state index in [9.17, 15) is 0 Å². The smallest absolute Gasteiger partial charge is 0.0451 e. The molecule has 10 atom stereocenters. The molecular weight excluding hydrogens is 332 g/mol. The third kappa shape index (κ3) is 0.336. The molecule has 0 radical (unpaired) electrons. The number of allylic oxidation sites excluding steroid dienone is 1. The zero-order valence-corrected chi connectivity index (χ0v) is 15.2. The van der Waals surface area contributed by atoms with Crippen molar-refractivity contribution >= 4 is 40.1 Å². The van der Waals surface area contributed by atoms with Crippen molar-refractivity contribution in [3.63, 3.8) is 0 Å². The first-order valence-corrected chi connectivity index (χ1v) is 16.4. The van der Waals surface area contributed by atoms with Crippen molar-refractivity contribution in [1.29, 1.82) is 0 Å². The van der Waals surface area contributed by atoms with Crippen LogP contribution in [0, 0.1) is 0 Å². The lowest BCUT2D eigenvalue weighted by Crippen LogP contribution is -2.14. The first-order chi connectivity index (χ1) is 10.2. The van der Waals surface area contributed by atoms with Gasteiger partial charge in [0.25, 0.3) is 0 Å². The summed E-state index contributed by atoms with van der Waals surface area (Å²) in [7, 11) is -2.09. The van der Waals surface area contributed by atoms with E-state index in [1.165, 1.54) is 52.5 Å². The number of hydrogen-bond acceptors (Lipinski definition) is 2. The van der Waals surface area contributed by atoms with Gasteiger partial charge < -0.3 is 0 Å². The molecule has 11 rings (SSSR count). The van der Waals surface area contributed by atoms with Gasteiger partial charge in [-0.25, -0.2) is 16.6 Å². The lowest BCUT2D eigenvalue weighted by molar-refractivity contribution is 0.880. The van der Waals surface area contributed by atoms with E-state index >= 15 is 0 Å². The van der Waals surface area contributed by atoms with Crippen LogP contribution in [0.2, 0.25) is 0 Å². The molecule has 110 valence electrons. The maximum absolute atomic E-state index is 2.43. The predicted octanol–water partition coefficient (Wildman–Crippen LogP) is 3.11. The molecule has 10 fully saturated rings. The van der Waals surface area contributed by atoms with Crippen LogP contribution < -0.4 is 0 Å². The zero-order valence-electron chi connectivity index (χ0n) is 11.9. The summed E-state index contributed by atoms with van der Waals surface area (Å²) in [5, 5.41) is 13.6. The highest BCUT2D eigenvalue weighted by Crippen LogP contribution is 3.61. The summed E-state index contributed by atoms with van der Waals surface area (Å²) in [6, 6.07) is 0. The summed E-state index contributed by atoms with van der Waals surface area (Å²) in [5.74, 6) is 3.62. The van der Waals surface area contributed by atoms with Gasteiger partial charge in [-0.15, -0.1) is 0 Å². The largest absolute Gasteiger partial charge is 0.249 e. The molecule has 0 saturated carbocycles. The standard InChI is InChI=1S/C17H18S4/c1-2-7-18-8(12-16-14-10-5-3-20(5,10,12,14)16)9(19-7)13-17-15-11-6-4-21(6,11,13,15)17/h2,5-6,10-17H,3-4H2,1H3. The number of rotatable bonds is 2. The lowest BCUT2D eigenvalue weighted by atomic mass is 10.1. The zero-order chi connectivity index (χ0) is 12.9. The predicted molar refractivity (Wildman–Crippen MR) is 98.8 cm³/mol. The van der Waals surface area contributed by atoms with Gasteiger partial charge in [0.15, 0.2) is 0 Å². The normalized spacial score (nSPS) is 89.1. The van der Waals surface area contributed by atoms with Gasteiger partial charge in [0.05, 0.1) is 0 Å². The maximum Gasteiger partial charge on any atom is 0.0451 e. The summed E-state index contributed by atoms with van der Waals surface area (Å²) in [6.07, 6.45) is 2.43. The Morgan fingerprint density at radius 2 is 1.33 bits per heavy atom. The van der Waals surface area contributed by atoms with Crippen LogP contribution in [-0.2, 0) is 0 Å². The monoisotopic (exact) mass is 350 g/mol. The topological polar surface area (TPSA) is 0 Å². The Bertz CT molecular complexity index is 927. The molecule has 10 saturated heterocycles. The summed E-state index contributed by atoms with van der Waals surface area (Å²) in [6.45, 7) is 2.28. The van der Waals surface area contributed by atoms with Crippen LogP contribution in [0.25, 0.3) is 0 Å². The molecule has 0 aromatic carbocycles. The molecular formula is C17H18S4. The number of fused-ring (bicyclic) bond motifs is 6. The molecule has 21 heavy (non-hydrogen) atoms. The summed E-state index contributed by atoms with van der Waals surface area (Å²) >= 11 is 4.59. The van der Waals surface area contributed by atoms with Crippen LogP contribution in [0.5, 0.6) is 0 Å². The van der Waals surface area contributed by atoms with E-state index in [0.29, 0.717) is 0 Å². The molecule has 0 aromatic rings. The molecule has 4 heteroatoms. The van der Waals surface area contributed by atoms with Crippen molar-refractivity contribution in [3.8, 4) is 0 Å². The first-order valence-electron chi connectivity index (χ1n) is 8.93. The molecule has 0 nitrogen and oxygen atoms in total. The van der Waals surface area contributed by atoms with Gasteiger partial charge in [-0.1, -0.05) is 29.6 Å². The third-order valence-electron chi connectivity index (χ3n) is 12.8. The number of thioether (sulfide) groups is 2. The molecule has 0 aromatic heterocycles. The first kappa shape index (κ1) is 9.39. The molecule has 10 unspecified atom stereocenters. The Morgan fingerprint density at radius 3 is 1.57 bits per heavy atom. The SMILES string of the molecule is CC=C1SC(C2C3C4C5C6CS62534)=C(C2C3C4C5C6CS62534)S1. The van der Waals surface area contributed by atoms with E-state index in [1.807, 2.05) is 11.5 Å². The van der Waals surface area contributed by atoms with E-state index < -0.39 is 16.6 Å². The van der Waals surface area contributed by atoms with Crippen molar-refractivity contribution < 1.29 is 0 Å². The summed E-state index contributed by atoms with van der Waals surface area (Å²) < 4.78 is 1.68. The second-order valence-electron chi connectivity index (χ2n) is 11.0. The van der Waals surface area contributed by atoms with Crippen LogP contribution in [-0.4, -0.2) is 64.0 Å². The fourth-order valence-electron chi connectivity index (χ4n) is 11.6. The quantitative estimate of drug-likeness (QED) is 0.702. The van der Waals surface area contributed by atoms with Crippen LogP contribution >= 0.6 is 40.1 Å². The van der Waals surface area contributed by atoms with Gasteiger partial charge in [0.1, 0.15) is 0 Å². The van der Waals surface area contributed by atoms with Gasteiger partial charge >= 0.3 is 0 Å². The lowest BCUT2D eigenvalue weighted by Gasteiger charge is -2.20. The highest BCUT2D eigenvalue weighted by atomic mass is 32.4. The van der Waals surface area contributed by atoms with Crippen molar-refractivity contribution in [3.05, 3.63) is 20.1 Å².